The third-order valence-corrected chi connectivity index (χ3v) is 5.69. The van der Waals surface area contributed by atoms with Crippen LogP contribution in [0.25, 0.3) is 0 Å². The number of piperidine rings is 1. The van der Waals surface area contributed by atoms with Gasteiger partial charge in [0, 0.05) is 31.4 Å². The molecule has 30 heavy (non-hydrogen) atoms. The second-order valence-corrected chi connectivity index (χ2v) is 7.86. The van der Waals surface area contributed by atoms with Gasteiger partial charge in [0.25, 0.3) is 0 Å². The van der Waals surface area contributed by atoms with E-state index in [-0.39, 0.29) is 23.6 Å². The number of pyridine rings is 1. The van der Waals surface area contributed by atoms with Crippen molar-refractivity contribution in [1.82, 2.24) is 15.2 Å². The number of nitrogens with one attached hydrogen (secondary N) is 1. The summed E-state index contributed by atoms with van der Waals surface area (Å²) in [4.78, 5) is 19.4. The molecule has 1 aliphatic rings. The average molecular weight is 404 g/mol. The molecule has 0 radical (unpaired) electrons. The third kappa shape index (κ3) is 5.10. The van der Waals surface area contributed by atoms with E-state index in [1.165, 1.54) is 11.6 Å². The molecule has 4 rings (SSSR count). The number of benzene rings is 2. The fourth-order valence-corrected chi connectivity index (χ4v) is 4.17. The Labute approximate surface area is 176 Å². The lowest BCUT2D eigenvalue weighted by molar-refractivity contribution is -0.127. The zero-order valence-corrected chi connectivity index (χ0v) is 16.9. The van der Waals surface area contributed by atoms with Gasteiger partial charge in [-0.3, -0.25) is 14.7 Å². The molecule has 0 saturated carbocycles. The Morgan fingerprint density at radius 1 is 1.00 bits per heavy atom. The third-order valence-electron chi connectivity index (χ3n) is 5.69. The number of hydrogen-bond donors (Lipinski definition) is 1. The van der Waals surface area contributed by atoms with Crippen molar-refractivity contribution in [1.29, 1.82) is 0 Å². The summed E-state index contributed by atoms with van der Waals surface area (Å²) >= 11 is 0. The molecule has 0 aliphatic carbocycles. The smallest absolute Gasteiger partial charge is 0.224 e. The van der Waals surface area contributed by atoms with Crippen LogP contribution in [-0.4, -0.2) is 28.9 Å². The minimum absolute atomic E-state index is 0.0276. The first-order chi connectivity index (χ1) is 14.7. The van der Waals surface area contributed by atoms with Crippen LogP contribution in [0, 0.1) is 11.7 Å². The zero-order valence-electron chi connectivity index (χ0n) is 16.9. The van der Waals surface area contributed by atoms with Crippen LogP contribution in [0.2, 0.25) is 0 Å². The second-order valence-electron chi connectivity index (χ2n) is 7.86. The molecule has 0 bridgehead atoms. The molecule has 5 heteroatoms. The van der Waals surface area contributed by atoms with Crippen LogP contribution in [0.5, 0.6) is 0 Å². The van der Waals surface area contributed by atoms with Crippen molar-refractivity contribution in [3.05, 3.63) is 102 Å². The maximum absolute atomic E-state index is 14.2. The van der Waals surface area contributed by atoms with Crippen LogP contribution in [0.4, 0.5) is 4.39 Å². The molecular formula is C25H26FN3O. The minimum atomic E-state index is -0.199. The summed E-state index contributed by atoms with van der Waals surface area (Å²) in [7, 11) is 0. The summed E-state index contributed by atoms with van der Waals surface area (Å²) in [6, 6.07) is 22.8. The van der Waals surface area contributed by atoms with E-state index < -0.39 is 0 Å². The monoisotopic (exact) mass is 403 g/mol. The largest absolute Gasteiger partial charge is 0.350 e. The Balaban J connectivity index is 1.48. The van der Waals surface area contributed by atoms with E-state index >= 15 is 0 Å². The van der Waals surface area contributed by atoms with Gasteiger partial charge in [-0.1, -0.05) is 54.6 Å². The highest BCUT2D eigenvalue weighted by Gasteiger charge is 2.32. The first kappa shape index (κ1) is 20.2. The first-order valence-electron chi connectivity index (χ1n) is 10.4. The lowest BCUT2D eigenvalue weighted by atomic mass is 9.84. The first-order valence-corrected chi connectivity index (χ1v) is 10.4. The van der Waals surface area contributed by atoms with Crippen molar-refractivity contribution in [3.63, 3.8) is 0 Å². The maximum atomic E-state index is 14.2. The van der Waals surface area contributed by atoms with Crippen LogP contribution < -0.4 is 5.32 Å². The highest BCUT2D eigenvalue weighted by molar-refractivity contribution is 5.79. The fourth-order valence-electron chi connectivity index (χ4n) is 4.17. The van der Waals surface area contributed by atoms with E-state index in [2.05, 4.69) is 27.3 Å². The van der Waals surface area contributed by atoms with Gasteiger partial charge in [0.2, 0.25) is 5.91 Å². The van der Waals surface area contributed by atoms with Crippen LogP contribution >= 0.6 is 0 Å². The summed E-state index contributed by atoms with van der Waals surface area (Å²) in [6.45, 7) is 2.34. The van der Waals surface area contributed by atoms with Gasteiger partial charge >= 0.3 is 0 Å². The Morgan fingerprint density at radius 3 is 2.53 bits per heavy atom. The van der Waals surface area contributed by atoms with E-state index in [1.54, 1.807) is 12.3 Å². The SMILES string of the molecule is O=C(NCc1ccccn1)C1CC(c2ccccc2)CN(Cc2ccccc2F)C1. The Bertz CT molecular complexity index is 964. The molecule has 4 nitrogen and oxygen atoms in total. The molecule has 1 aliphatic heterocycles. The van der Waals surface area contributed by atoms with Gasteiger partial charge < -0.3 is 5.32 Å². The molecule has 1 amide bonds. The summed E-state index contributed by atoms with van der Waals surface area (Å²) in [5.74, 6) is -0.0907. The molecule has 3 aromatic rings. The van der Waals surface area contributed by atoms with Crippen molar-refractivity contribution in [2.24, 2.45) is 5.92 Å². The van der Waals surface area contributed by atoms with E-state index in [4.69, 9.17) is 0 Å². The Kier molecular flexibility index (Phi) is 6.50. The molecular weight excluding hydrogens is 377 g/mol. The average Bonchev–Trinajstić information content (AvgIpc) is 2.80. The van der Waals surface area contributed by atoms with E-state index in [0.29, 0.717) is 25.2 Å². The number of halogens is 1. The summed E-state index contributed by atoms with van der Waals surface area (Å²) in [5.41, 5.74) is 2.72. The summed E-state index contributed by atoms with van der Waals surface area (Å²) in [6.07, 6.45) is 2.51. The molecule has 154 valence electrons. The molecule has 2 atom stereocenters. The highest BCUT2D eigenvalue weighted by Crippen LogP contribution is 2.31. The van der Waals surface area contributed by atoms with Gasteiger partial charge in [-0.15, -0.1) is 0 Å². The molecule has 2 unspecified atom stereocenters. The molecule has 0 spiro atoms. The Hall–Kier alpha value is -3.05. The summed E-state index contributed by atoms with van der Waals surface area (Å²) < 4.78 is 14.2. The number of amides is 1. The number of nitrogens with zero attached hydrogens (tertiary/aromatic N) is 2. The van der Waals surface area contributed by atoms with Crippen LogP contribution in [0.1, 0.15) is 29.2 Å². The molecule has 2 heterocycles. The molecule has 1 aromatic heterocycles. The van der Waals surface area contributed by atoms with Gasteiger partial charge in [0.1, 0.15) is 5.82 Å². The van der Waals surface area contributed by atoms with Gasteiger partial charge in [-0.2, -0.15) is 0 Å². The van der Waals surface area contributed by atoms with Crippen molar-refractivity contribution in [3.8, 4) is 0 Å². The van der Waals surface area contributed by atoms with Crippen molar-refractivity contribution in [2.75, 3.05) is 13.1 Å². The number of hydrogen-bond acceptors (Lipinski definition) is 3. The number of aromatic nitrogens is 1. The lowest BCUT2D eigenvalue weighted by Crippen LogP contribution is -2.45. The zero-order chi connectivity index (χ0) is 20.8. The minimum Gasteiger partial charge on any atom is -0.350 e. The number of likely N-dealkylation sites (tertiary alicyclic amines) is 1. The van der Waals surface area contributed by atoms with Crippen LogP contribution in [0.15, 0.2) is 79.0 Å². The molecule has 2 aromatic carbocycles. The predicted octanol–water partition coefficient (Wildman–Crippen LogP) is 4.14. The second kappa shape index (κ2) is 9.63. The van der Waals surface area contributed by atoms with Gasteiger partial charge in [0.05, 0.1) is 18.2 Å². The number of carbonyl (C=O) groups excluding carboxylic acids is 1. The van der Waals surface area contributed by atoms with E-state index in [1.807, 2.05) is 48.5 Å². The van der Waals surface area contributed by atoms with Gasteiger partial charge in [-0.25, -0.2) is 4.39 Å². The highest BCUT2D eigenvalue weighted by atomic mass is 19.1. The number of carbonyl (C=O) groups is 1. The van der Waals surface area contributed by atoms with Crippen LogP contribution in [0.3, 0.4) is 0 Å². The normalized spacial score (nSPS) is 19.4. The number of rotatable bonds is 6. The van der Waals surface area contributed by atoms with E-state index in [9.17, 15) is 9.18 Å². The van der Waals surface area contributed by atoms with Crippen molar-refractivity contribution < 1.29 is 9.18 Å². The standard InChI is InChI=1S/C25H26FN3O/c26-24-12-5-4-10-20(24)16-29-17-21(19-8-2-1-3-9-19)14-22(18-29)25(30)28-15-23-11-6-7-13-27-23/h1-13,21-22H,14-18H2,(H,28,30). The van der Waals surface area contributed by atoms with Crippen LogP contribution in [-0.2, 0) is 17.9 Å². The molecule has 1 N–H and O–H groups in total. The van der Waals surface area contributed by atoms with Crippen molar-refractivity contribution >= 4 is 5.91 Å². The maximum Gasteiger partial charge on any atom is 0.224 e. The quantitative estimate of drug-likeness (QED) is 0.673. The lowest BCUT2D eigenvalue weighted by Gasteiger charge is -2.37. The van der Waals surface area contributed by atoms with Gasteiger partial charge in [-0.05, 0) is 36.1 Å². The molecule has 1 saturated heterocycles. The summed E-state index contributed by atoms with van der Waals surface area (Å²) in [5, 5.41) is 3.03. The van der Waals surface area contributed by atoms with Gasteiger partial charge in [0.15, 0.2) is 0 Å². The topological polar surface area (TPSA) is 45.2 Å². The predicted molar refractivity (Wildman–Crippen MR) is 115 cm³/mol. The Morgan fingerprint density at radius 2 is 1.77 bits per heavy atom. The van der Waals surface area contributed by atoms with E-state index in [0.717, 1.165) is 18.7 Å². The molecule has 1 fully saturated rings. The van der Waals surface area contributed by atoms with Crippen molar-refractivity contribution in [2.45, 2.75) is 25.4 Å². The fraction of sp³-hybridized carbons (Fsp3) is 0.280.